The van der Waals surface area contributed by atoms with E-state index in [4.69, 9.17) is 5.10 Å². The summed E-state index contributed by atoms with van der Waals surface area (Å²) < 4.78 is 3.26. The number of nitrogens with one attached hydrogen (secondary N) is 1. The van der Waals surface area contributed by atoms with E-state index in [1.165, 1.54) is 21.9 Å². The number of nitrogens with zero attached hydrogens (tertiary/aromatic N) is 5. The lowest BCUT2D eigenvalue weighted by Crippen LogP contribution is -2.47. The second kappa shape index (κ2) is 10.2. The van der Waals surface area contributed by atoms with Gasteiger partial charge >= 0.3 is 0 Å². The molecule has 0 saturated carbocycles. The highest BCUT2D eigenvalue weighted by Crippen LogP contribution is 2.28. The van der Waals surface area contributed by atoms with Crippen LogP contribution < -0.4 is 14.5 Å². The van der Waals surface area contributed by atoms with Crippen LogP contribution in [0.25, 0.3) is 10.8 Å². The van der Waals surface area contributed by atoms with Gasteiger partial charge in [0.15, 0.2) is 5.82 Å². The lowest BCUT2D eigenvalue weighted by molar-refractivity contribution is 0.639. The minimum absolute atomic E-state index is 0.788. The van der Waals surface area contributed by atoms with Gasteiger partial charge in [0.25, 0.3) is 0 Å². The van der Waals surface area contributed by atoms with Crippen molar-refractivity contribution in [1.82, 2.24) is 19.9 Å². The first-order valence-corrected chi connectivity index (χ1v) is 12.5. The Morgan fingerprint density at radius 2 is 1.52 bits per heavy atom. The fourth-order valence-corrected chi connectivity index (χ4v) is 4.62. The Balaban J connectivity index is 1.31. The summed E-state index contributed by atoms with van der Waals surface area (Å²) in [5.41, 5.74) is 3.48. The van der Waals surface area contributed by atoms with E-state index < -0.39 is 0 Å². The molecule has 168 valence electrons. The molecule has 0 unspecified atom stereocenters. The van der Waals surface area contributed by atoms with Crippen molar-refractivity contribution in [3.63, 3.8) is 0 Å². The van der Waals surface area contributed by atoms with E-state index in [0.717, 1.165) is 56.5 Å². The Hall–Kier alpha value is -3.16. The van der Waals surface area contributed by atoms with Crippen molar-refractivity contribution in [2.45, 2.75) is 13.0 Å². The van der Waals surface area contributed by atoms with Gasteiger partial charge in [-0.05, 0) is 23.4 Å². The number of rotatable bonds is 7. The maximum atomic E-state index is 4.70. The van der Waals surface area contributed by atoms with Crippen molar-refractivity contribution in [3.05, 3.63) is 89.7 Å². The number of anilines is 2. The van der Waals surface area contributed by atoms with Crippen LogP contribution in [-0.2, 0) is 13.0 Å². The molecule has 2 aromatic heterocycles. The number of hydrogen-bond acceptors (Lipinski definition) is 7. The average molecular weight is 457 g/mol. The number of hydrogen-bond donors (Lipinski definition) is 1. The smallest absolute Gasteiger partial charge is 0.159 e. The SMILES string of the molecule is CSNCc1ccc(N2CCN(c3nnc(Cc4ccccc4)c4ccccc34)CC2)nc1. The minimum atomic E-state index is 0.788. The van der Waals surface area contributed by atoms with E-state index in [9.17, 15) is 0 Å². The summed E-state index contributed by atoms with van der Waals surface area (Å²) in [4.78, 5) is 9.39. The van der Waals surface area contributed by atoms with Crippen molar-refractivity contribution in [3.8, 4) is 0 Å². The van der Waals surface area contributed by atoms with E-state index in [1.54, 1.807) is 11.9 Å². The molecule has 0 bridgehead atoms. The van der Waals surface area contributed by atoms with E-state index in [2.05, 4.69) is 85.3 Å². The number of fused-ring (bicyclic) bond motifs is 1. The molecule has 0 radical (unpaired) electrons. The van der Waals surface area contributed by atoms with E-state index >= 15 is 0 Å². The highest BCUT2D eigenvalue weighted by Gasteiger charge is 2.22. The summed E-state index contributed by atoms with van der Waals surface area (Å²) in [5.74, 6) is 2.02. The molecular weight excluding hydrogens is 428 g/mol. The van der Waals surface area contributed by atoms with Gasteiger partial charge < -0.3 is 9.80 Å². The molecule has 1 fully saturated rings. The standard InChI is InChI=1S/C26H28N6S/c1-33-28-19-21-11-12-25(27-18-21)31-13-15-32(16-14-31)26-23-10-6-5-9-22(23)24(29-30-26)17-20-7-3-2-4-8-20/h2-12,18,28H,13-17,19H2,1H3. The molecule has 2 aromatic carbocycles. The fourth-order valence-electron chi connectivity index (χ4n) is 4.31. The maximum absolute atomic E-state index is 4.70. The van der Waals surface area contributed by atoms with Crippen LogP contribution in [-0.4, -0.2) is 47.6 Å². The molecule has 5 rings (SSSR count). The zero-order chi connectivity index (χ0) is 22.5. The van der Waals surface area contributed by atoms with E-state index in [-0.39, 0.29) is 0 Å². The van der Waals surface area contributed by atoms with Gasteiger partial charge in [-0.25, -0.2) is 4.98 Å². The molecule has 3 heterocycles. The maximum Gasteiger partial charge on any atom is 0.159 e. The van der Waals surface area contributed by atoms with Gasteiger partial charge in [0.2, 0.25) is 0 Å². The second-order valence-corrected chi connectivity index (χ2v) is 8.90. The number of pyridine rings is 1. The van der Waals surface area contributed by atoms with Crippen LogP contribution in [0.2, 0.25) is 0 Å². The topological polar surface area (TPSA) is 57.2 Å². The van der Waals surface area contributed by atoms with Crippen molar-refractivity contribution < 1.29 is 0 Å². The Morgan fingerprint density at radius 3 is 2.24 bits per heavy atom. The highest BCUT2D eigenvalue weighted by atomic mass is 32.2. The molecule has 1 saturated heterocycles. The predicted molar refractivity (Wildman–Crippen MR) is 138 cm³/mol. The van der Waals surface area contributed by atoms with Crippen molar-refractivity contribution in [2.75, 3.05) is 42.2 Å². The molecule has 0 aliphatic carbocycles. The molecule has 0 amide bonds. The third kappa shape index (κ3) is 4.94. The summed E-state index contributed by atoms with van der Waals surface area (Å²) in [6, 6.07) is 23.3. The Kier molecular flexibility index (Phi) is 6.69. The number of piperazine rings is 1. The van der Waals surface area contributed by atoms with Crippen molar-refractivity contribution in [2.24, 2.45) is 0 Å². The Bertz CT molecular complexity index is 1190. The van der Waals surface area contributed by atoms with Crippen LogP contribution in [0.5, 0.6) is 0 Å². The minimum Gasteiger partial charge on any atom is -0.353 e. The van der Waals surface area contributed by atoms with E-state index in [0.29, 0.717) is 0 Å². The fraction of sp³-hybridized carbons (Fsp3) is 0.269. The predicted octanol–water partition coefficient (Wildman–Crippen LogP) is 4.31. The highest BCUT2D eigenvalue weighted by molar-refractivity contribution is 7.96. The van der Waals surface area contributed by atoms with E-state index in [1.807, 2.05) is 18.5 Å². The monoisotopic (exact) mass is 456 g/mol. The van der Waals surface area contributed by atoms with Crippen molar-refractivity contribution in [1.29, 1.82) is 0 Å². The van der Waals surface area contributed by atoms with Gasteiger partial charge in [-0.3, -0.25) is 4.72 Å². The molecule has 1 aliphatic heterocycles. The van der Waals surface area contributed by atoms with Gasteiger partial charge in [-0.15, -0.1) is 5.10 Å². The third-order valence-corrected chi connectivity index (χ3v) is 6.52. The van der Waals surface area contributed by atoms with Crippen LogP contribution in [0.15, 0.2) is 72.9 Å². The zero-order valence-electron chi connectivity index (χ0n) is 18.8. The molecule has 0 spiro atoms. The quantitative estimate of drug-likeness (QED) is 0.416. The second-order valence-electron chi connectivity index (χ2n) is 8.20. The van der Waals surface area contributed by atoms with Gasteiger partial charge in [-0.2, -0.15) is 5.10 Å². The van der Waals surface area contributed by atoms with Crippen LogP contribution in [0.3, 0.4) is 0 Å². The Labute approximate surface area is 199 Å². The van der Waals surface area contributed by atoms with Gasteiger partial charge in [0.05, 0.1) is 5.69 Å². The van der Waals surface area contributed by atoms with Crippen LogP contribution in [0.4, 0.5) is 11.6 Å². The lowest BCUT2D eigenvalue weighted by atomic mass is 10.0. The number of benzene rings is 2. The number of aromatic nitrogens is 3. The molecule has 0 atom stereocenters. The summed E-state index contributed by atoms with van der Waals surface area (Å²) in [6.07, 6.45) is 4.79. The van der Waals surface area contributed by atoms with Crippen LogP contribution in [0, 0.1) is 0 Å². The third-order valence-electron chi connectivity index (χ3n) is 6.09. The van der Waals surface area contributed by atoms with Gasteiger partial charge in [0.1, 0.15) is 5.82 Å². The normalized spacial score (nSPS) is 14.1. The summed E-state index contributed by atoms with van der Waals surface area (Å²) in [6.45, 7) is 4.45. The summed E-state index contributed by atoms with van der Waals surface area (Å²) >= 11 is 1.62. The van der Waals surface area contributed by atoms with Gasteiger partial charge in [0, 0.05) is 56.1 Å². The molecule has 1 N–H and O–H groups in total. The molecule has 33 heavy (non-hydrogen) atoms. The van der Waals surface area contributed by atoms with Gasteiger partial charge in [-0.1, -0.05) is 72.6 Å². The van der Waals surface area contributed by atoms with Crippen LogP contribution >= 0.6 is 11.9 Å². The first-order valence-electron chi connectivity index (χ1n) is 11.3. The molecule has 6 nitrogen and oxygen atoms in total. The largest absolute Gasteiger partial charge is 0.353 e. The van der Waals surface area contributed by atoms with Crippen molar-refractivity contribution >= 4 is 34.4 Å². The zero-order valence-corrected chi connectivity index (χ0v) is 19.6. The Morgan fingerprint density at radius 1 is 0.788 bits per heavy atom. The molecule has 4 aromatic rings. The first kappa shape index (κ1) is 21.7. The summed E-state index contributed by atoms with van der Waals surface area (Å²) in [5, 5.41) is 11.7. The molecule has 7 heteroatoms. The summed E-state index contributed by atoms with van der Waals surface area (Å²) in [7, 11) is 0. The molecular formula is C26H28N6S. The molecule has 1 aliphatic rings. The van der Waals surface area contributed by atoms with Crippen LogP contribution in [0.1, 0.15) is 16.8 Å². The lowest BCUT2D eigenvalue weighted by Gasteiger charge is -2.36. The average Bonchev–Trinajstić information content (AvgIpc) is 2.89. The first-order chi connectivity index (χ1) is 16.3.